The number of nitrogens with zero attached hydrogens (tertiary/aromatic N) is 3. The highest BCUT2D eigenvalue weighted by molar-refractivity contribution is 7.80. The SMILES string of the molecule is CCN1C(=S)N[C@H](c2ccccn2)[C@H]1c1cc(C)n(-c2cccc(C(F)(F)F)c2)c1C. The third-order valence-electron chi connectivity index (χ3n) is 5.76. The third-order valence-corrected chi connectivity index (χ3v) is 6.11. The number of benzene rings is 1. The van der Waals surface area contributed by atoms with Crippen LogP contribution in [0, 0.1) is 13.8 Å². The average molecular weight is 445 g/mol. The van der Waals surface area contributed by atoms with Gasteiger partial charge in [0.25, 0.3) is 0 Å². The first kappa shape index (κ1) is 21.4. The third kappa shape index (κ3) is 3.80. The standard InChI is InChI=1S/C23H23F3N4S/c1-4-29-21(20(28-22(29)31)19-10-5-6-11-27-19)18-12-14(2)30(15(18)3)17-9-7-8-16(13-17)23(24,25)26/h5-13,20-21H,4H2,1-3H3,(H,28,31)/t20-,21-/m1/s1. The monoisotopic (exact) mass is 444 g/mol. The topological polar surface area (TPSA) is 33.1 Å². The van der Waals surface area contributed by atoms with Gasteiger partial charge < -0.3 is 14.8 Å². The Kier molecular flexibility index (Phi) is 5.51. The second-order valence-corrected chi connectivity index (χ2v) is 8.01. The second-order valence-electron chi connectivity index (χ2n) is 7.62. The molecule has 0 amide bonds. The van der Waals surface area contributed by atoms with Crippen LogP contribution in [0.3, 0.4) is 0 Å². The first-order valence-corrected chi connectivity index (χ1v) is 10.5. The number of hydrogen-bond donors (Lipinski definition) is 1. The van der Waals surface area contributed by atoms with Gasteiger partial charge in [0.05, 0.1) is 23.3 Å². The molecule has 1 saturated heterocycles. The molecule has 1 aliphatic heterocycles. The lowest BCUT2D eigenvalue weighted by Crippen LogP contribution is -2.29. The molecule has 1 aliphatic rings. The molecule has 0 unspecified atom stereocenters. The number of rotatable bonds is 4. The average Bonchev–Trinajstić information content (AvgIpc) is 3.23. The van der Waals surface area contributed by atoms with Crippen LogP contribution in [0.2, 0.25) is 0 Å². The van der Waals surface area contributed by atoms with Crippen molar-refractivity contribution >= 4 is 17.3 Å². The molecule has 4 rings (SSSR count). The molecule has 162 valence electrons. The molecule has 0 aliphatic carbocycles. The van der Waals surface area contributed by atoms with Crippen LogP contribution >= 0.6 is 12.2 Å². The van der Waals surface area contributed by atoms with E-state index in [4.69, 9.17) is 12.2 Å². The fourth-order valence-corrected chi connectivity index (χ4v) is 4.76. The summed E-state index contributed by atoms with van der Waals surface area (Å²) in [6.07, 6.45) is -2.64. The summed E-state index contributed by atoms with van der Waals surface area (Å²) >= 11 is 5.58. The van der Waals surface area contributed by atoms with Crippen LogP contribution in [0.1, 0.15) is 47.2 Å². The van der Waals surface area contributed by atoms with Crippen molar-refractivity contribution in [3.63, 3.8) is 0 Å². The van der Waals surface area contributed by atoms with Gasteiger partial charge in [0.15, 0.2) is 5.11 Å². The summed E-state index contributed by atoms with van der Waals surface area (Å²) < 4.78 is 41.7. The Morgan fingerprint density at radius 1 is 1.10 bits per heavy atom. The van der Waals surface area contributed by atoms with Crippen molar-refractivity contribution in [3.05, 3.63) is 82.9 Å². The normalized spacial score (nSPS) is 19.0. The maximum absolute atomic E-state index is 13.3. The largest absolute Gasteiger partial charge is 0.416 e. The number of thiocarbonyl (C=S) groups is 1. The van der Waals surface area contributed by atoms with Crippen LogP contribution in [0.15, 0.2) is 54.7 Å². The molecule has 3 aromatic rings. The number of pyridine rings is 1. The Morgan fingerprint density at radius 2 is 1.87 bits per heavy atom. The van der Waals surface area contributed by atoms with Crippen molar-refractivity contribution < 1.29 is 13.2 Å². The number of halogens is 3. The van der Waals surface area contributed by atoms with Gasteiger partial charge in [0.2, 0.25) is 0 Å². The van der Waals surface area contributed by atoms with Crippen molar-refractivity contribution in [2.75, 3.05) is 6.54 Å². The van der Waals surface area contributed by atoms with Crippen LogP contribution < -0.4 is 5.32 Å². The highest BCUT2D eigenvalue weighted by atomic mass is 32.1. The summed E-state index contributed by atoms with van der Waals surface area (Å²) in [4.78, 5) is 6.62. The van der Waals surface area contributed by atoms with Crippen LogP contribution in [0.5, 0.6) is 0 Å². The van der Waals surface area contributed by atoms with Gasteiger partial charge in [-0.3, -0.25) is 4.98 Å². The van der Waals surface area contributed by atoms with Crippen molar-refractivity contribution in [2.45, 2.75) is 39.0 Å². The first-order chi connectivity index (χ1) is 14.7. The molecule has 4 nitrogen and oxygen atoms in total. The number of aryl methyl sites for hydroxylation is 1. The summed E-state index contributed by atoms with van der Waals surface area (Å²) in [6.45, 7) is 6.58. The molecular weight excluding hydrogens is 421 g/mol. The Bertz CT molecular complexity index is 1110. The Morgan fingerprint density at radius 3 is 2.52 bits per heavy atom. The minimum atomic E-state index is -4.39. The number of aromatic nitrogens is 2. The smallest absolute Gasteiger partial charge is 0.352 e. The molecule has 0 radical (unpaired) electrons. The summed E-state index contributed by atoms with van der Waals surface area (Å²) in [6, 6.07) is 13.0. The van der Waals surface area contributed by atoms with E-state index >= 15 is 0 Å². The van der Waals surface area contributed by atoms with E-state index in [0.717, 1.165) is 28.7 Å². The highest BCUT2D eigenvalue weighted by Gasteiger charge is 2.40. The van der Waals surface area contributed by atoms with E-state index in [0.29, 0.717) is 17.3 Å². The van der Waals surface area contributed by atoms with Gasteiger partial charge in [-0.2, -0.15) is 13.2 Å². The molecule has 31 heavy (non-hydrogen) atoms. The van der Waals surface area contributed by atoms with Gasteiger partial charge in [0.1, 0.15) is 0 Å². The molecule has 0 spiro atoms. The van der Waals surface area contributed by atoms with Gasteiger partial charge >= 0.3 is 6.18 Å². The predicted octanol–water partition coefficient (Wildman–Crippen LogP) is 5.50. The molecule has 1 N–H and O–H groups in total. The van der Waals surface area contributed by atoms with Crippen LogP contribution in [0.4, 0.5) is 13.2 Å². The molecule has 1 fully saturated rings. The summed E-state index contributed by atoms with van der Waals surface area (Å²) in [5.74, 6) is 0. The molecule has 2 atom stereocenters. The molecule has 1 aromatic carbocycles. The van der Waals surface area contributed by atoms with Crippen LogP contribution in [0.25, 0.3) is 5.69 Å². The predicted molar refractivity (Wildman–Crippen MR) is 118 cm³/mol. The molecule has 0 bridgehead atoms. The van der Waals surface area contributed by atoms with Crippen molar-refractivity contribution in [2.24, 2.45) is 0 Å². The highest BCUT2D eigenvalue weighted by Crippen LogP contribution is 2.41. The van der Waals surface area contributed by atoms with Crippen LogP contribution in [-0.4, -0.2) is 26.1 Å². The Balaban J connectivity index is 1.83. The maximum atomic E-state index is 13.3. The zero-order valence-corrected chi connectivity index (χ0v) is 18.3. The molecular formula is C23H23F3N4S. The van der Waals surface area contributed by atoms with Crippen molar-refractivity contribution in [3.8, 4) is 5.69 Å². The molecule has 3 heterocycles. The lowest BCUT2D eigenvalue weighted by atomic mass is 9.97. The minimum Gasteiger partial charge on any atom is -0.352 e. The quantitative estimate of drug-likeness (QED) is 0.539. The minimum absolute atomic E-state index is 0.113. The fourth-order valence-electron chi connectivity index (χ4n) is 4.39. The van der Waals surface area contributed by atoms with Crippen molar-refractivity contribution in [1.82, 2.24) is 19.8 Å². The van der Waals surface area contributed by atoms with E-state index in [1.54, 1.807) is 12.3 Å². The van der Waals surface area contributed by atoms with E-state index in [1.807, 2.05) is 49.6 Å². The second kappa shape index (κ2) is 8.00. The molecule has 2 aromatic heterocycles. The summed E-state index contributed by atoms with van der Waals surface area (Å²) in [7, 11) is 0. The van der Waals surface area contributed by atoms with Gasteiger partial charge in [0, 0.05) is 29.8 Å². The first-order valence-electron chi connectivity index (χ1n) is 10.1. The van der Waals surface area contributed by atoms with Gasteiger partial charge in [-0.05, 0) is 75.0 Å². The lowest BCUT2D eigenvalue weighted by Gasteiger charge is -2.27. The molecule has 8 heteroatoms. The zero-order valence-electron chi connectivity index (χ0n) is 17.4. The van der Waals surface area contributed by atoms with E-state index < -0.39 is 11.7 Å². The van der Waals surface area contributed by atoms with E-state index in [2.05, 4.69) is 15.2 Å². The number of alkyl halides is 3. The van der Waals surface area contributed by atoms with E-state index in [1.165, 1.54) is 12.1 Å². The van der Waals surface area contributed by atoms with Crippen molar-refractivity contribution in [1.29, 1.82) is 0 Å². The Hall–Kier alpha value is -2.87. The number of nitrogens with one attached hydrogen (secondary N) is 1. The van der Waals surface area contributed by atoms with Gasteiger partial charge in [-0.25, -0.2) is 0 Å². The number of likely N-dealkylation sites (N-methyl/N-ethyl adjacent to an activating group) is 1. The van der Waals surface area contributed by atoms with Crippen LogP contribution in [-0.2, 0) is 6.18 Å². The lowest BCUT2D eigenvalue weighted by molar-refractivity contribution is -0.137. The number of hydrogen-bond acceptors (Lipinski definition) is 2. The summed E-state index contributed by atoms with van der Waals surface area (Å²) in [5.41, 5.74) is 3.45. The van der Waals surface area contributed by atoms with Gasteiger partial charge in [-0.15, -0.1) is 0 Å². The van der Waals surface area contributed by atoms with E-state index in [9.17, 15) is 13.2 Å². The fraction of sp³-hybridized carbons (Fsp3) is 0.304. The zero-order chi connectivity index (χ0) is 22.3. The maximum Gasteiger partial charge on any atom is 0.416 e. The van der Waals surface area contributed by atoms with Gasteiger partial charge in [-0.1, -0.05) is 12.1 Å². The molecule has 0 saturated carbocycles. The summed E-state index contributed by atoms with van der Waals surface area (Å²) in [5, 5.41) is 4.03. The van der Waals surface area contributed by atoms with E-state index in [-0.39, 0.29) is 12.1 Å². The Labute approximate surface area is 184 Å².